The van der Waals surface area contributed by atoms with Crippen molar-refractivity contribution in [3.05, 3.63) is 22.9 Å². The first-order valence-electron chi connectivity index (χ1n) is 5.78. The molecule has 0 aliphatic heterocycles. The zero-order valence-corrected chi connectivity index (χ0v) is 12.2. The molecular weight excluding hydrogens is 248 g/mol. The zero-order valence-electron chi connectivity index (χ0n) is 10.6. The molecule has 1 heterocycles. The van der Waals surface area contributed by atoms with Crippen LogP contribution < -0.4 is 0 Å². The van der Waals surface area contributed by atoms with Crippen LogP contribution in [0.2, 0.25) is 0 Å². The number of aryl methyl sites for hydroxylation is 2. The molecule has 0 saturated heterocycles. The molecule has 1 rings (SSSR count). The Morgan fingerprint density at radius 1 is 1.41 bits per heavy atom. The number of unbranched alkanes of at least 4 members (excludes halogenated alkanes) is 1. The molecule has 0 fully saturated rings. The molecule has 0 radical (unpaired) electrons. The van der Waals surface area contributed by atoms with Gasteiger partial charge in [0.15, 0.2) is 0 Å². The van der Waals surface area contributed by atoms with Crippen molar-refractivity contribution >= 4 is 23.5 Å². The summed E-state index contributed by atoms with van der Waals surface area (Å²) in [5, 5.41) is 11.0. The van der Waals surface area contributed by atoms with Gasteiger partial charge in [0.25, 0.3) is 0 Å². The fourth-order valence-corrected chi connectivity index (χ4v) is 3.75. The van der Waals surface area contributed by atoms with Crippen LogP contribution in [0.1, 0.15) is 36.6 Å². The van der Waals surface area contributed by atoms with E-state index in [1.807, 2.05) is 31.7 Å². The standard InChI is InChI=1S/C13H18N2S2/c1-4-5-6-16-9-17-13-12(8-14)10(2)7-11(3)15-13/h7H,4-6,9H2,1-3H3. The minimum atomic E-state index is 0.733. The van der Waals surface area contributed by atoms with Crippen LogP contribution in [-0.2, 0) is 0 Å². The summed E-state index contributed by atoms with van der Waals surface area (Å²) in [5.74, 6) is 1.19. The lowest BCUT2D eigenvalue weighted by molar-refractivity contribution is 0.897. The van der Waals surface area contributed by atoms with E-state index >= 15 is 0 Å². The van der Waals surface area contributed by atoms with Crippen LogP contribution in [0.15, 0.2) is 11.1 Å². The maximum Gasteiger partial charge on any atom is 0.115 e. The third-order valence-electron chi connectivity index (χ3n) is 2.34. The monoisotopic (exact) mass is 266 g/mol. The van der Waals surface area contributed by atoms with E-state index in [0.717, 1.165) is 26.9 Å². The predicted molar refractivity (Wildman–Crippen MR) is 76.5 cm³/mol. The normalized spacial score (nSPS) is 10.2. The molecule has 17 heavy (non-hydrogen) atoms. The van der Waals surface area contributed by atoms with E-state index in [0.29, 0.717) is 0 Å². The molecule has 1 aromatic rings. The van der Waals surface area contributed by atoms with Gasteiger partial charge in [-0.2, -0.15) is 17.0 Å². The molecule has 0 aliphatic carbocycles. The first-order chi connectivity index (χ1) is 8.19. The Balaban J connectivity index is 2.61. The highest BCUT2D eigenvalue weighted by Crippen LogP contribution is 2.26. The highest BCUT2D eigenvalue weighted by molar-refractivity contribution is 8.15. The van der Waals surface area contributed by atoms with Gasteiger partial charge < -0.3 is 0 Å². The average Bonchev–Trinajstić information content (AvgIpc) is 2.28. The van der Waals surface area contributed by atoms with E-state index < -0.39 is 0 Å². The molecule has 2 nitrogen and oxygen atoms in total. The largest absolute Gasteiger partial charge is 0.245 e. The van der Waals surface area contributed by atoms with Crippen molar-refractivity contribution in [3.8, 4) is 6.07 Å². The minimum Gasteiger partial charge on any atom is -0.245 e. The van der Waals surface area contributed by atoms with Gasteiger partial charge in [0, 0.05) is 10.8 Å². The number of aromatic nitrogens is 1. The number of nitriles is 1. The van der Waals surface area contributed by atoms with Crippen molar-refractivity contribution in [2.24, 2.45) is 0 Å². The summed E-state index contributed by atoms with van der Waals surface area (Å²) in [6.45, 7) is 6.15. The van der Waals surface area contributed by atoms with Crippen LogP contribution in [0.5, 0.6) is 0 Å². The molecule has 0 N–H and O–H groups in total. The average molecular weight is 266 g/mol. The van der Waals surface area contributed by atoms with Gasteiger partial charge in [-0.15, -0.1) is 0 Å². The van der Waals surface area contributed by atoms with Crippen LogP contribution in [0, 0.1) is 25.2 Å². The number of rotatable bonds is 6. The minimum absolute atomic E-state index is 0.733. The SMILES string of the molecule is CCCCSCSc1nc(C)cc(C)c1C#N. The summed E-state index contributed by atoms with van der Waals surface area (Å²) < 4.78 is 0. The summed E-state index contributed by atoms with van der Waals surface area (Å²) in [6.07, 6.45) is 2.50. The van der Waals surface area contributed by atoms with Crippen molar-refractivity contribution < 1.29 is 0 Å². The molecule has 0 aromatic carbocycles. The Bertz CT molecular complexity index is 411. The molecule has 0 atom stereocenters. The van der Waals surface area contributed by atoms with Crippen molar-refractivity contribution in [3.63, 3.8) is 0 Å². The van der Waals surface area contributed by atoms with Gasteiger partial charge in [-0.1, -0.05) is 25.1 Å². The van der Waals surface area contributed by atoms with Crippen LogP contribution in [0.3, 0.4) is 0 Å². The molecule has 1 aromatic heterocycles. The van der Waals surface area contributed by atoms with Crippen LogP contribution >= 0.6 is 23.5 Å². The topological polar surface area (TPSA) is 36.7 Å². The highest BCUT2D eigenvalue weighted by Gasteiger charge is 2.08. The van der Waals surface area contributed by atoms with Crippen molar-refractivity contribution in [1.29, 1.82) is 5.26 Å². The quantitative estimate of drug-likeness (QED) is 0.440. The number of hydrogen-bond acceptors (Lipinski definition) is 4. The maximum absolute atomic E-state index is 9.12. The first-order valence-corrected chi connectivity index (χ1v) is 7.92. The van der Waals surface area contributed by atoms with Gasteiger partial charge in [0.05, 0.1) is 5.56 Å². The lowest BCUT2D eigenvalue weighted by Gasteiger charge is -2.06. The van der Waals surface area contributed by atoms with Gasteiger partial charge in [-0.3, -0.25) is 0 Å². The second-order valence-electron chi connectivity index (χ2n) is 3.90. The zero-order chi connectivity index (χ0) is 12.7. The number of nitrogens with zero attached hydrogens (tertiary/aromatic N) is 2. The van der Waals surface area contributed by atoms with E-state index in [2.05, 4.69) is 18.0 Å². The van der Waals surface area contributed by atoms with Gasteiger partial charge in [0.1, 0.15) is 11.1 Å². The molecule has 0 saturated carbocycles. The molecule has 0 aliphatic rings. The van der Waals surface area contributed by atoms with E-state index in [1.54, 1.807) is 11.8 Å². The van der Waals surface area contributed by atoms with Crippen molar-refractivity contribution in [2.75, 3.05) is 10.8 Å². The Morgan fingerprint density at radius 3 is 2.82 bits per heavy atom. The number of thioether (sulfide) groups is 2. The van der Waals surface area contributed by atoms with Gasteiger partial charge in [0.2, 0.25) is 0 Å². The fraction of sp³-hybridized carbons (Fsp3) is 0.538. The smallest absolute Gasteiger partial charge is 0.115 e. The third kappa shape index (κ3) is 4.61. The molecule has 0 unspecified atom stereocenters. The van der Waals surface area contributed by atoms with E-state index in [4.69, 9.17) is 5.26 Å². The predicted octanol–water partition coefficient (Wildman–Crippen LogP) is 4.15. The fourth-order valence-electron chi connectivity index (χ4n) is 1.45. The van der Waals surface area contributed by atoms with Crippen LogP contribution in [0.4, 0.5) is 0 Å². The second kappa shape index (κ2) is 7.62. The van der Waals surface area contributed by atoms with Crippen LogP contribution in [-0.4, -0.2) is 15.8 Å². The van der Waals surface area contributed by atoms with Crippen LogP contribution in [0.25, 0.3) is 0 Å². The Hall–Kier alpha value is -0.660. The summed E-state index contributed by atoms with van der Waals surface area (Å²) in [5.41, 5.74) is 2.75. The second-order valence-corrected chi connectivity index (χ2v) is 6.33. The summed E-state index contributed by atoms with van der Waals surface area (Å²) in [6, 6.07) is 4.22. The van der Waals surface area contributed by atoms with E-state index in [-0.39, 0.29) is 0 Å². The molecule has 92 valence electrons. The molecule has 0 spiro atoms. The lowest BCUT2D eigenvalue weighted by Crippen LogP contribution is -1.94. The first kappa shape index (κ1) is 14.4. The van der Waals surface area contributed by atoms with Crippen molar-refractivity contribution in [1.82, 2.24) is 4.98 Å². The highest BCUT2D eigenvalue weighted by atomic mass is 32.2. The maximum atomic E-state index is 9.12. The summed E-state index contributed by atoms with van der Waals surface area (Å²) in [7, 11) is 0. The Kier molecular flexibility index (Phi) is 6.46. The summed E-state index contributed by atoms with van der Waals surface area (Å²) >= 11 is 3.60. The van der Waals surface area contributed by atoms with Gasteiger partial charge in [-0.05, 0) is 37.7 Å². The van der Waals surface area contributed by atoms with Crippen molar-refractivity contribution in [2.45, 2.75) is 38.6 Å². The number of hydrogen-bond donors (Lipinski definition) is 0. The summed E-state index contributed by atoms with van der Waals surface area (Å²) in [4.78, 5) is 4.45. The van der Waals surface area contributed by atoms with Gasteiger partial charge in [-0.25, -0.2) is 4.98 Å². The third-order valence-corrected chi connectivity index (χ3v) is 4.63. The molecule has 4 heteroatoms. The molecule has 0 amide bonds. The molecule has 0 bridgehead atoms. The lowest BCUT2D eigenvalue weighted by atomic mass is 10.1. The van der Waals surface area contributed by atoms with E-state index in [1.165, 1.54) is 18.6 Å². The Labute approximate surface area is 112 Å². The van der Waals surface area contributed by atoms with Gasteiger partial charge >= 0.3 is 0 Å². The number of pyridine rings is 1. The van der Waals surface area contributed by atoms with E-state index in [9.17, 15) is 0 Å². The Morgan fingerprint density at radius 2 is 2.18 bits per heavy atom. The molecular formula is C13H18N2S2.